The van der Waals surface area contributed by atoms with Crippen molar-refractivity contribution in [3.8, 4) is 0 Å². The van der Waals surface area contributed by atoms with Crippen molar-refractivity contribution >= 4 is 16.8 Å². The van der Waals surface area contributed by atoms with Crippen LogP contribution in [0, 0.1) is 0 Å². The van der Waals surface area contributed by atoms with Crippen LogP contribution < -0.4 is 0 Å². The third-order valence-electron chi connectivity index (χ3n) is 1.20. The number of rotatable bonds is 0. The van der Waals surface area contributed by atoms with E-state index in [-0.39, 0.29) is 0 Å². The summed E-state index contributed by atoms with van der Waals surface area (Å²) in [5, 5.41) is 1.27. The second-order valence-corrected chi connectivity index (χ2v) is 3.24. The molecule has 2 heteroatoms. The van der Waals surface area contributed by atoms with E-state index in [9.17, 15) is 0 Å². The Bertz CT molecular complexity index is 99.4. The Morgan fingerprint density at radius 1 is 1.30 bits per heavy atom. The zero-order valence-corrected chi connectivity index (χ0v) is 8.00. The van der Waals surface area contributed by atoms with E-state index in [1.54, 1.807) is 0 Å². The lowest BCUT2D eigenvalue weighted by Gasteiger charge is -1.89. The van der Waals surface area contributed by atoms with Gasteiger partial charge in [-0.05, 0) is 25.5 Å². The van der Waals surface area contributed by atoms with Crippen LogP contribution in [0.3, 0.4) is 0 Å². The minimum absolute atomic E-state index is 1.05. The largest absolute Gasteiger partial charge is 0.283 e. The Hall–Kier alpha value is 0.0200. The van der Waals surface area contributed by atoms with Crippen LogP contribution >= 0.6 is 11.8 Å². The topological polar surface area (TPSA) is 12.4 Å². The zero-order chi connectivity index (χ0) is 7.82. The highest BCUT2D eigenvalue weighted by molar-refractivity contribution is 8.13. The molecule has 0 N–H and O–H groups in total. The Morgan fingerprint density at radius 2 is 2.00 bits per heavy atom. The van der Waals surface area contributed by atoms with Crippen LogP contribution in [0.4, 0.5) is 0 Å². The second-order valence-electron chi connectivity index (χ2n) is 1.96. The number of nitrogens with zero attached hydrogens (tertiary/aromatic N) is 1. The first-order chi connectivity index (χ1) is 4.89. The van der Waals surface area contributed by atoms with Crippen LogP contribution in [0.2, 0.25) is 0 Å². The van der Waals surface area contributed by atoms with Gasteiger partial charge in [0.2, 0.25) is 0 Å². The van der Waals surface area contributed by atoms with Gasteiger partial charge in [0, 0.05) is 6.54 Å². The van der Waals surface area contributed by atoms with Crippen LogP contribution in [0.25, 0.3) is 0 Å². The molecule has 0 bridgehead atoms. The van der Waals surface area contributed by atoms with Crippen LogP contribution in [-0.2, 0) is 0 Å². The summed E-state index contributed by atoms with van der Waals surface area (Å²) in [6.45, 7) is 7.15. The molecule has 1 heterocycles. The minimum Gasteiger partial charge on any atom is -0.283 e. The summed E-state index contributed by atoms with van der Waals surface area (Å²) >= 11 is 1.89. The Balaban J connectivity index is 0.000000371. The van der Waals surface area contributed by atoms with Gasteiger partial charge in [0.25, 0.3) is 0 Å². The maximum absolute atomic E-state index is 4.30. The standard InChI is InChI=1S/C6H11NS.C2H6/c1-6-7-4-2-3-5-8-6;1-2/h2-5H2,1H3;1-2H3. The number of thioether (sulfide) groups is 1. The van der Waals surface area contributed by atoms with E-state index >= 15 is 0 Å². The van der Waals surface area contributed by atoms with Gasteiger partial charge < -0.3 is 0 Å². The summed E-state index contributed by atoms with van der Waals surface area (Å²) in [7, 11) is 0. The van der Waals surface area contributed by atoms with Gasteiger partial charge in [-0.15, -0.1) is 11.8 Å². The van der Waals surface area contributed by atoms with Gasteiger partial charge in [-0.3, -0.25) is 4.99 Å². The summed E-state index contributed by atoms with van der Waals surface area (Å²) in [6, 6.07) is 0. The molecule has 0 unspecified atom stereocenters. The van der Waals surface area contributed by atoms with Crippen LogP contribution in [0.15, 0.2) is 4.99 Å². The molecule has 0 aliphatic carbocycles. The highest BCUT2D eigenvalue weighted by atomic mass is 32.2. The lowest BCUT2D eigenvalue weighted by atomic mass is 10.3. The molecule has 10 heavy (non-hydrogen) atoms. The average molecular weight is 159 g/mol. The van der Waals surface area contributed by atoms with Crippen molar-refractivity contribution in [2.24, 2.45) is 4.99 Å². The van der Waals surface area contributed by atoms with Gasteiger partial charge in [0.15, 0.2) is 0 Å². The molecule has 0 radical (unpaired) electrons. The summed E-state index contributed by atoms with van der Waals surface area (Å²) < 4.78 is 0. The van der Waals surface area contributed by atoms with Crippen molar-refractivity contribution < 1.29 is 0 Å². The van der Waals surface area contributed by atoms with E-state index in [2.05, 4.69) is 11.9 Å². The predicted molar refractivity (Wildman–Crippen MR) is 51.0 cm³/mol. The predicted octanol–water partition coefficient (Wildman–Crippen LogP) is 2.96. The molecule has 1 aliphatic rings. The molecule has 0 atom stereocenters. The molecule has 0 aromatic carbocycles. The van der Waals surface area contributed by atoms with Crippen LogP contribution in [0.5, 0.6) is 0 Å². The van der Waals surface area contributed by atoms with Crippen molar-refractivity contribution in [2.75, 3.05) is 12.3 Å². The summed E-state index contributed by atoms with van der Waals surface area (Å²) in [5.41, 5.74) is 0. The van der Waals surface area contributed by atoms with Crippen molar-refractivity contribution in [3.63, 3.8) is 0 Å². The van der Waals surface area contributed by atoms with E-state index < -0.39 is 0 Å². The second kappa shape index (κ2) is 7.13. The van der Waals surface area contributed by atoms with E-state index in [4.69, 9.17) is 0 Å². The molecule has 60 valence electrons. The monoisotopic (exact) mass is 159 g/mol. The third kappa shape index (κ3) is 4.86. The van der Waals surface area contributed by atoms with Crippen molar-refractivity contribution in [2.45, 2.75) is 33.6 Å². The van der Waals surface area contributed by atoms with Crippen LogP contribution in [0.1, 0.15) is 33.6 Å². The first-order valence-corrected chi connectivity index (χ1v) is 5.02. The smallest absolute Gasteiger partial charge is 0.0644 e. The Kier molecular flexibility index (Phi) is 7.15. The van der Waals surface area contributed by atoms with E-state index in [1.165, 1.54) is 23.6 Å². The Morgan fingerprint density at radius 3 is 2.70 bits per heavy atom. The molecule has 0 spiro atoms. The quantitative estimate of drug-likeness (QED) is 0.529. The molecule has 0 amide bonds. The van der Waals surface area contributed by atoms with Crippen molar-refractivity contribution in [1.82, 2.24) is 0 Å². The van der Waals surface area contributed by atoms with Gasteiger partial charge in [0.05, 0.1) is 5.04 Å². The summed E-state index contributed by atoms with van der Waals surface area (Å²) in [6.07, 6.45) is 2.62. The fourth-order valence-corrected chi connectivity index (χ4v) is 1.54. The summed E-state index contributed by atoms with van der Waals surface area (Å²) in [4.78, 5) is 4.30. The number of hydrogen-bond acceptors (Lipinski definition) is 2. The van der Waals surface area contributed by atoms with Gasteiger partial charge in [-0.1, -0.05) is 13.8 Å². The highest BCUT2D eigenvalue weighted by Crippen LogP contribution is 2.11. The van der Waals surface area contributed by atoms with Gasteiger partial charge in [-0.25, -0.2) is 0 Å². The van der Waals surface area contributed by atoms with Gasteiger partial charge in [0.1, 0.15) is 0 Å². The van der Waals surface area contributed by atoms with Crippen LogP contribution in [-0.4, -0.2) is 17.3 Å². The summed E-state index contributed by atoms with van der Waals surface area (Å²) in [5.74, 6) is 1.27. The minimum atomic E-state index is 1.05. The first-order valence-electron chi connectivity index (χ1n) is 4.03. The molecule has 0 saturated heterocycles. The molecule has 0 saturated carbocycles. The fraction of sp³-hybridized carbons (Fsp3) is 0.875. The highest BCUT2D eigenvalue weighted by Gasteiger charge is 1.96. The molecule has 0 aromatic heterocycles. The maximum atomic E-state index is 4.30. The zero-order valence-electron chi connectivity index (χ0n) is 7.18. The van der Waals surface area contributed by atoms with E-state index in [0.717, 1.165) is 6.54 Å². The van der Waals surface area contributed by atoms with Gasteiger partial charge >= 0.3 is 0 Å². The van der Waals surface area contributed by atoms with Crippen molar-refractivity contribution in [3.05, 3.63) is 0 Å². The average Bonchev–Trinajstić information content (AvgIpc) is 2.21. The molecule has 1 rings (SSSR count). The molecule has 0 aromatic rings. The number of hydrogen-bond donors (Lipinski definition) is 0. The van der Waals surface area contributed by atoms with E-state index in [1.807, 2.05) is 25.6 Å². The third-order valence-corrected chi connectivity index (χ3v) is 2.24. The van der Waals surface area contributed by atoms with Crippen molar-refractivity contribution in [1.29, 1.82) is 0 Å². The maximum Gasteiger partial charge on any atom is 0.0644 e. The molecule has 1 aliphatic heterocycles. The normalized spacial score (nSPS) is 18.1. The molecular formula is C8H17NS. The molecular weight excluding hydrogens is 142 g/mol. The van der Waals surface area contributed by atoms with E-state index in [0.29, 0.717) is 0 Å². The Labute approximate surface area is 68.3 Å². The lowest BCUT2D eigenvalue weighted by Crippen LogP contribution is -1.81. The molecule has 1 nitrogen and oxygen atoms in total. The molecule has 0 fully saturated rings. The van der Waals surface area contributed by atoms with Gasteiger partial charge in [-0.2, -0.15) is 0 Å². The fourth-order valence-electron chi connectivity index (χ4n) is 0.716. The number of aliphatic imine (C=N–C) groups is 1. The SMILES string of the molecule is CC.CC1=NCCCCS1. The lowest BCUT2D eigenvalue weighted by molar-refractivity contribution is 0.823. The first kappa shape index (κ1) is 10.0.